The maximum absolute atomic E-state index is 6.16. The van der Waals surface area contributed by atoms with Crippen LogP contribution in [0.5, 0.6) is 0 Å². The number of halogens is 1. The van der Waals surface area contributed by atoms with Gasteiger partial charge in [-0.15, -0.1) is 0 Å². The molecule has 0 bridgehead atoms. The lowest BCUT2D eigenvalue weighted by Gasteiger charge is -2.18. The summed E-state index contributed by atoms with van der Waals surface area (Å²) in [5.74, 6) is 0.914. The SMILES string of the molecule is CCNC(c1ccco1)c1cccc(Cl)c1C. The van der Waals surface area contributed by atoms with Crippen LogP contribution in [0, 0.1) is 6.92 Å². The van der Waals surface area contributed by atoms with Gasteiger partial charge in [0, 0.05) is 5.02 Å². The fraction of sp³-hybridized carbons (Fsp3) is 0.286. The Labute approximate surface area is 107 Å². The fourth-order valence-electron chi connectivity index (χ4n) is 1.96. The highest BCUT2D eigenvalue weighted by Gasteiger charge is 2.18. The van der Waals surface area contributed by atoms with E-state index in [4.69, 9.17) is 16.0 Å². The molecule has 0 fully saturated rings. The molecule has 1 N–H and O–H groups in total. The molecular weight excluding hydrogens is 234 g/mol. The molecular formula is C14H16ClNO. The van der Waals surface area contributed by atoms with Crippen molar-refractivity contribution in [2.45, 2.75) is 19.9 Å². The Bertz CT molecular complexity index is 479. The third-order valence-electron chi connectivity index (χ3n) is 2.86. The number of hydrogen-bond acceptors (Lipinski definition) is 2. The molecule has 0 aliphatic rings. The molecule has 2 rings (SSSR count). The Morgan fingerprint density at radius 1 is 1.29 bits per heavy atom. The van der Waals surface area contributed by atoms with E-state index in [0.717, 1.165) is 28.5 Å². The quantitative estimate of drug-likeness (QED) is 0.888. The van der Waals surface area contributed by atoms with Gasteiger partial charge in [-0.2, -0.15) is 0 Å². The van der Waals surface area contributed by atoms with E-state index >= 15 is 0 Å². The molecule has 90 valence electrons. The van der Waals surface area contributed by atoms with E-state index in [1.807, 2.05) is 31.2 Å². The summed E-state index contributed by atoms with van der Waals surface area (Å²) in [5, 5.41) is 4.21. The van der Waals surface area contributed by atoms with Crippen molar-refractivity contribution in [2.75, 3.05) is 6.54 Å². The fourth-order valence-corrected chi connectivity index (χ4v) is 2.14. The summed E-state index contributed by atoms with van der Waals surface area (Å²) in [6, 6.07) is 9.90. The van der Waals surface area contributed by atoms with Crippen LogP contribution in [0.2, 0.25) is 5.02 Å². The van der Waals surface area contributed by atoms with Crippen LogP contribution in [0.3, 0.4) is 0 Å². The normalized spacial score (nSPS) is 12.6. The lowest BCUT2D eigenvalue weighted by atomic mass is 9.99. The van der Waals surface area contributed by atoms with Crippen LogP contribution in [0.25, 0.3) is 0 Å². The van der Waals surface area contributed by atoms with Gasteiger partial charge in [-0.3, -0.25) is 0 Å². The molecule has 2 nitrogen and oxygen atoms in total. The molecule has 1 heterocycles. The summed E-state index contributed by atoms with van der Waals surface area (Å²) in [5.41, 5.74) is 2.26. The second-order valence-corrected chi connectivity index (χ2v) is 4.37. The highest BCUT2D eigenvalue weighted by Crippen LogP contribution is 2.28. The zero-order valence-electron chi connectivity index (χ0n) is 10.0. The first-order valence-electron chi connectivity index (χ1n) is 5.75. The van der Waals surface area contributed by atoms with Crippen molar-refractivity contribution in [1.29, 1.82) is 0 Å². The van der Waals surface area contributed by atoms with Crippen LogP contribution in [0.4, 0.5) is 0 Å². The second-order valence-electron chi connectivity index (χ2n) is 3.96. The van der Waals surface area contributed by atoms with E-state index in [-0.39, 0.29) is 6.04 Å². The molecule has 1 atom stereocenters. The standard InChI is InChI=1S/C14H16ClNO/c1-3-16-14(13-8-5-9-17-13)11-6-4-7-12(15)10(11)2/h4-9,14,16H,3H2,1-2H3. The van der Waals surface area contributed by atoms with Gasteiger partial charge in [0.2, 0.25) is 0 Å². The van der Waals surface area contributed by atoms with Crippen molar-refractivity contribution in [3.05, 3.63) is 58.5 Å². The van der Waals surface area contributed by atoms with Crippen LogP contribution in [0.1, 0.15) is 29.9 Å². The predicted molar refractivity (Wildman–Crippen MR) is 70.4 cm³/mol. The molecule has 1 unspecified atom stereocenters. The monoisotopic (exact) mass is 249 g/mol. The molecule has 0 saturated heterocycles. The van der Waals surface area contributed by atoms with E-state index < -0.39 is 0 Å². The van der Waals surface area contributed by atoms with Crippen LogP contribution in [0.15, 0.2) is 41.0 Å². The summed E-state index contributed by atoms with van der Waals surface area (Å²) in [6.45, 7) is 4.98. The summed E-state index contributed by atoms with van der Waals surface area (Å²) >= 11 is 6.16. The van der Waals surface area contributed by atoms with Gasteiger partial charge in [0.05, 0.1) is 12.3 Å². The van der Waals surface area contributed by atoms with E-state index in [0.29, 0.717) is 0 Å². The maximum Gasteiger partial charge on any atom is 0.125 e. The Balaban J connectivity index is 2.43. The molecule has 3 heteroatoms. The number of nitrogens with one attached hydrogen (secondary N) is 1. The van der Waals surface area contributed by atoms with E-state index in [9.17, 15) is 0 Å². The van der Waals surface area contributed by atoms with Gasteiger partial charge in [0.15, 0.2) is 0 Å². The topological polar surface area (TPSA) is 25.2 Å². The van der Waals surface area contributed by atoms with Gasteiger partial charge in [0.1, 0.15) is 5.76 Å². The third-order valence-corrected chi connectivity index (χ3v) is 3.27. The molecule has 0 radical (unpaired) electrons. The third kappa shape index (κ3) is 2.54. The molecule has 0 aliphatic carbocycles. The molecule has 17 heavy (non-hydrogen) atoms. The van der Waals surface area contributed by atoms with Crippen LogP contribution in [-0.4, -0.2) is 6.54 Å². The van der Waals surface area contributed by atoms with Crippen molar-refractivity contribution in [3.8, 4) is 0 Å². The molecule has 0 amide bonds. The van der Waals surface area contributed by atoms with Gasteiger partial charge < -0.3 is 9.73 Å². The summed E-state index contributed by atoms with van der Waals surface area (Å²) in [7, 11) is 0. The van der Waals surface area contributed by atoms with E-state index in [1.165, 1.54) is 0 Å². The second kappa shape index (κ2) is 5.39. The highest BCUT2D eigenvalue weighted by atomic mass is 35.5. The first kappa shape index (κ1) is 12.2. The molecule has 0 saturated carbocycles. The highest BCUT2D eigenvalue weighted by molar-refractivity contribution is 6.31. The number of benzene rings is 1. The Kier molecular flexibility index (Phi) is 3.87. The molecule has 0 spiro atoms. The lowest BCUT2D eigenvalue weighted by Crippen LogP contribution is -2.22. The molecule has 2 aromatic rings. The van der Waals surface area contributed by atoms with Crippen molar-refractivity contribution in [1.82, 2.24) is 5.32 Å². The van der Waals surface area contributed by atoms with Crippen LogP contribution >= 0.6 is 11.6 Å². The molecule has 1 aromatic heterocycles. The first-order valence-corrected chi connectivity index (χ1v) is 6.13. The smallest absolute Gasteiger partial charge is 0.125 e. The minimum atomic E-state index is 0.0636. The van der Waals surface area contributed by atoms with Gasteiger partial charge in [-0.05, 0) is 42.8 Å². The Morgan fingerprint density at radius 3 is 2.76 bits per heavy atom. The van der Waals surface area contributed by atoms with Crippen LogP contribution < -0.4 is 5.32 Å². The number of rotatable bonds is 4. The van der Waals surface area contributed by atoms with E-state index in [1.54, 1.807) is 6.26 Å². The number of hydrogen-bond donors (Lipinski definition) is 1. The van der Waals surface area contributed by atoms with Crippen LogP contribution in [-0.2, 0) is 0 Å². The average molecular weight is 250 g/mol. The maximum atomic E-state index is 6.16. The van der Waals surface area contributed by atoms with Gasteiger partial charge in [-0.1, -0.05) is 30.7 Å². The van der Waals surface area contributed by atoms with Gasteiger partial charge in [-0.25, -0.2) is 0 Å². The van der Waals surface area contributed by atoms with Gasteiger partial charge in [0.25, 0.3) is 0 Å². The first-order chi connectivity index (χ1) is 8.24. The minimum Gasteiger partial charge on any atom is -0.467 e. The van der Waals surface area contributed by atoms with Gasteiger partial charge >= 0.3 is 0 Å². The minimum absolute atomic E-state index is 0.0636. The zero-order valence-corrected chi connectivity index (χ0v) is 10.8. The van der Waals surface area contributed by atoms with Crippen molar-refractivity contribution in [3.63, 3.8) is 0 Å². The van der Waals surface area contributed by atoms with Crippen molar-refractivity contribution >= 4 is 11.6 Å². The summed E-state index contributed by atoms with van der Waals surface area (Å²) in [4.78, 5) is 0. The average Bonchev–Trinajstić information content (AvgIpc) is 2.84. The number of furan rings is 1. The summed E-state index contributed by atoms with van der Waals surface area (Å²) < 4.78 is 5.49. The summed E-state index contributed by atoms with van der Waals surface area (Å²) in [6.07, 6.45) is 1.69. The Hall–Kier alpha value is -1.25. The molecule has 0 aliphatic heterocycles. The largest absolute Gasteiger partial charge is 0.467 e. The zero-order chi connectivity index (χ0) is 12.3. The lowest BCUT2D eigenvalue weighted by molar-refractivity contribution is 0.451. The molecule has 1 aromatic carbocycles. The van der Waals surface area contributed by atoms with E-state index in [2.05, 4.69) is 18.3 Å². The van der Waals surface area contributed by atoms with Crippen molar-refractivity contribution in [2.24, 2.45) is 0 Å². The van der Waals surface area contributed by atoms with Crippen molar-refractivity contribution < 1.29 is 4.42 Å². The predicted octanol–water partition coefficient (Wildman–Crippen LogP) is 3.94. The Morgan fingerprint density at radius 2 is 2.12 bits per heavy atom.